The number of carbonyl (C=O) groups is 1. The average Bonchev–Trinajstić information content (AvgIpc) is 2.72. The predicted molar refractivity (Wildman–Crippen MR) is 71.4 cm³/mol. The molecular weight excluding hydrogens is 243 g/mol. The lowest BCUT2D eigenvalue weighted by atomic mass is 9.68. The molecule has 100 valence electrons. The number of rotatable bonds is 1. The van der Waals surface area contributed by atoms with Crippen LogP contribution in [-0.4, -0.2) is 17.5 Å². The van der Waals surface area contributed by atoms with E-state index in [-0.39, 0.29) is 29.0 Å². The Morgan fingerprint density at radius 1 is 1.32 bits per heavy atom. The number of halogens is 1. The monoisotopic (exact) mass is 260 g/mol. The van der Waals surface area contributed by atoms with E-state index < -0.39 is 0 Å². The number of benzene rings is 1. The lowest BCUT2D eigenvalue weighted by Gasteiger charge is -2.36. The number of hydrazone groups is 1. The molecule has 1 heterocycles. The third kappa shape index (κ3) is 2.15. The van der Waals surface area contributed by atoms with Gasteiger partial charge in [0.25, 0.3) is 0 Å². The van der Waals surface area contributed by atoms with Crippen molar-refractivity contribution >= 4 is 11.5 Å². The van der Waals surface area contributed by atoms with Crippen molar-refractivity contribution in [3.05, 3.63) is 35.6 Å². The Morgan fingerprint density at radius 2 is 2.00 bits per heavy atom. The SMILES string of the molecule is CC1(C)CC(=O)[C@@H]2C(c3ccc(F)cc3)=NN[C@@H]2C1. The third-order valence-electron chi connectivity index (χ3n) is 3.96. The molecular formula is C15H17FN2O. The van der Waals surface area contributed by atoms with Gasteiger partial charge >= 0.3 is 0 Å². The van der Waals surface area contributed by atoms with Crippen molar-refractivity contribution in [2.24, 2.45) is 16.4 Å². The summed E-state index contributed by atoms with van der Waals surface area (Å²) in [5, 5.41) is 4.32. The van der Waals surface area contributed by atoms with E-state index in [1.54, 1.807) is 12.1 Å². The lowest BCUT2D eigenvalue weighted by Crippen LogP contribution is -2.45. The van der Waals surface area contributed by atoms with Crippen molar-refractivity contribution in [1.29, 1.82) is 0 Å². The van der Waals surface area contributed by atoms with Crippen LogP contribution in [0.15, 0.2) is 29.4 Å². The van der Waals surface area contributed by atoms with E-state index in [1.807, 2.05) is 0 Å². The second-order valence-electron chi connectivity index (χ2n) is 6.23. The molecule has 0 unspecified atom stereocenters. The van der Waals surface area contributed by atoms with Gasteiger partial charge in [0.2, 0.25) is 0 Å². The molecule has 1 fully saturated rings. The number of carbonyl (C=O) groups excluding carboxylic acids is 1. The molecule has 3 nitrogen and oxygen atoms in total. The first kappa shape index (κ1) is 12.3. The molecule has 1 aliphatic carbocycles. The molecule has 0 saturated heterocycles. The summed E-state index contributed by atoms with van der Waals surface area (Å²) >= 11 is 0. The van der Waals surface area contributed by atoms with Crippen LogP contribution in [0.5, 0.6) is 0 Å². The van der Waals surface area contributed by atoms with Crippen molar-refractivity contribution in [2.75, 3.05) is 0 Å². The van der Waals surface area contributed by atoms with Crippen LogP contribution >= 0.6 is 0 Å². The van der Waals surface area contributed by atoms with Gasteiger partial charge in [-0.15, -0.1) is 0 Å². The summed E-state index contributed by atoms with van der Waals surface area (Å²) in [6, 6.07) is 6.26. The minimum atomic E-state index is -0.275. The van der Waals surface area contributed by atoms with E-state index in [1.165, 1.54) is 12.1 Å². The molecule has 3 rings (SSSR count). The number of fused-ring (bicyclic) bond motifs is 1. The van der Waals surface area contributed by atoms with E-state index in [9.17, 15) is 9.18 Å². The summed E-state index contributed by atoms with van der Waals surface area (Å²) in [5.74, 6) is -0.226. The minimum Gasteiger partial charge on any atom is -0.306 e. The first-order valence-electron chi connectivity index (χ1n) is 6.58. The van der Waals surface area contributed by atoms with E-state index >= 15 is 0 Å². The first-order valence-corrected chi connectivity index (χ1v) is 6.58. The van der Waals surface area contributed by atoms with Gasteiger partial charge in [0.15, 0.2) is 0 Å². The van der Waals surface area contributed by atoms with E-state index in [2.05, 4.69) is 24.4 Å². The van der Waals surface area contributed by atoms with Crippen LogP contribution in [0, 0.1) is 17.2 Å². The fourth-order valence-electron chi connectivity index (χ4n) is 3.14. The van der Waals surface area contributed by atoms with Crippen molar-refractivity contribution in [2.45, 2.75) is 32.7 Å². The fourth-order valence-corrected chi connectivity index (χ4v) is 3.14. The van der Waals surface area contributed by atoms with Crippen LogP contribution in [0.3, 0.4) is 0 Å². The van der Waals surface area contributed by atoms with Gasteiger partial charge in [-0.25, -0.2) is 4.39 Å². The summed E-state index contributed by atoms with van der Waals surface area (Å²) < 4.78 is 13.0. The summed E-state index contributed by atoms with van der Waals surface area (Å²) in [7, 11) is 0. The zero-order chi connectivity index (χ0) is 13.6. The van der Waals surface area contributed by atoms with Gasteiger partial charge in [0.05, 0.1) is 17.7 Å². The van der Waals surface area contributed by atoms with Gasteiger partial charge in [-0.05, 0) is 29.5 Å². The highest BCUT2D eigenvalue weighted by Gasteiger charge is 2.46. The third-order valence-corrected chi connectivity index (χ3v) is 3.96. The number of hydrogen-bond acceptors (Lipinski definition) is 3. The zero-order valence-electron chi connectivity index (χ0n) is 11.1. The van der Waals surface area contributed by atoms with Crippen LogP contribution in [0.1, 0.15) is 32.3 Å². The van der Waals surface area contributed by atoms with Crippen molar-refractivity contribution < 1.29 is 9.18 Å². The maximum absolute atomic E-state index is 13.0. The Labute approximate surface area is 111 Å². The first-order chi connectivity index (χ1) is 8.96. The Balaban J connectivity index is 1.90. The Kier molecular flexibility index (Phi) is 2.69. The Morgan fingerprint density at radius 3 is 2.68 bits per heavy atom. The van der Waals surface area contributed by atoms with Crippen LogP contribution < -0.4 is 5.43 Å². The number of hydrogen-bond donors (Lipinski definition) is 1. The molecule has 0 amide bonds. The van der Waals surface area contributed by atoms with E-state index in [0.717, 1.165) is 17.7 Å². The zero-order valence-corrected chi connectivity index (χ0v) is 11.1. The maximum atomic E-state index is 13.0. The lowest BCUT2D eigenvalue weighted by molar-refractivity contribution is -0.126. The van der Waals surface area contributed by atoms with Gasteiger partial charge in [-0.1, -0.05) is 26.0 Å². The molecule has 1 N–H and O–H groups in total. The highest BCUT2D eigenvalue weighted by molar-refractivity contribution is 6.15. The molecule has 19 heavy (non-hydrogen) atoms. The maximum Gasteiger partial charge on any atom is 0.144 e. The van der Waals surface area contributed by atoms with Crippen LogP contribution in [-0.2, 0) is 4.79 Å². The molecule has 0 aromatic heterocycles. The molecule has 4 heteroatoms. The van der Waals surface area contributed by atoms with Gasteiger partial charge in [-0.2, -0.15) is 5.10 Å². The molecule has 0 bridgehead atoms. The average molecular weight is 260 g/mol. The largest absolute Gasteiger partial charge is 0.306 e. The summed E-state index contributed by atoms with van der Waals surface area (Å²) in [5.41, 5.74) is 4.69. The summed E-state index contributed by atoms with van der Waals surface area (Å²) in [4.78, 5) is 12.3. The molecule has 1 saturated carbocycles. The molecule has 2 aliphatic rings. The Hall–Kier alpha value is -1.71. The topological polar surface area (TPSA) is 41.5 Å². The van der Waals surface area contributed by atoms with Crippen molar-refractivity contribution in [1.82, 2.24) is 5.43 Å². The number of nitrogens with one attached hydrogen (secondary N) is 1. The van der Waals surface area contributed by atoms with Gasteiger partial charge in [0.1, 0.15) is 11.6 Å². The van der Waals surface area contributed by atoms with Crippen LogP contribution in [0.2, 0.25) is 0 Å². The predicted octanol–water partition coefficient (Wildman–Crippen LogP) is 2.51. The molecule has 2 atom stereocenters. The van der Waals surface area contributed by atoms with Crippen LogP contribution in [0.25, 0.3) is 0 Å². The molecule has 1 aromatic rings. The number of Topliss-reactive ketones (excluding diaryl/α,β-unsaturated/α-hetero) is 1. The minimum absolute atomic E-state index is 0.0268. The van der Waals surface area contributed by atoms with Crippen LogP contribution in [0.4, 0.5) is 4.39 Å². The molecule has 0 spiro atoms. The second-order valence-corrected chi connectivity index (χ2v) is 6.23. The fraction of sp³-hybridized carbons (Fsp3) is 0.467. The highest BCUT2D eigenvalue weighted by Crippen LogP contribution is 2.39. The number of ketones is 1. The second kappa shape index (κ2) is 4.15. The summed E-state index contributed by atoms with van der Waals surface area (Å²) in [6.07, 6.45) is 1.51. The van der Waals surface area contributed by atoms with Gasteiger partial charge in [0, 0.05) is 6.42 Å². The number of nitrogens with zero attached hydrogens (tertiary/aromatic N) is 1. The van der Waals surface area contributed by atoms with Gasteiger partial charge < -0.3 is 5.43 Å². The molecule has 1 aliphatic heterocycles. The van der Waals surface area contributed by atoms with Crippen molar-refractivity contribution in [3.8, 4) is 0 Å². The smallest absolute Gasteiger partial charge is 0.144 e. The normalized spacial score (nSPS) is 28.6. The van der Waals surface area contributed by atoms with E-state index in [0.29, 0.717) is 6.42 Å². The molecule has 0 radical (unpaired) electrons. The quantitative estimate of drug-likeness (QED) is 0.843. The van der Waals surface area contributed by atoms with E-state index in [4.69, 9.17) is 0 Å². The highest BCUT2D eigenvalue weighted by atomic mass is 19.1. The van der Waals surface area contributed by atoms with Gasteiger partial charge in [-0.3, -0.25) is 4.79 Å². The molecule has 1 aromatic carbocycles. The summed E-state index contributed by atoms with van der Waals surface area (Å²) in [6.45, 7) is 4.22. The standard InChI is InChI=1S/C15H17FN2O/c1-15(2)7-11-13(12(19)8-15)14(18-17-11)9-3-5-10(16)6-4-9/h3-6,11,13,17H,7-8H2,1-2H3/t11-,13-/m1/s1. The Bertz CT molecular complexity index is 548. The van der Waals surface area contributed by atoms with Crippen molar-refractivity contribution in [3.63, 3.8) is 0 Å².